The maximum absolute atomic E-state index is 5.63. The highest BCUT2D eigenvalue weighted by molar-refractivity contribution is 5.28. The van der Waals surface area contributed by atoms with E-state index in [1.165, 1.54) is 50.9 Å². The molecule has 3 nitrogen and oxygen atoms in total. The van der Waals surface area contributed by atoms with E-state index in [1.54, 1.807) is 0 Å². The molecule has 1 saturated carbocycles. The Labute approximate surface area is 128 Å². The van der Waals surface area contributed by atoms with Crippen LogP contribution in [0.2, 0.25) is 0 Å². The van der Waals surface area contributed by atoms with E-state index in [1.807, 2.05) is 6.92 Å². The fourth-order valence-electron chi connectivity index (χ4n) is 3.31. The van der Waals surface area contributed by atoms with Gasteiger partial charge in [0.15, 0.2) is 0 Å². The average molecular weight is 288 g/mol. The predicted octanol–water partition coefficient (Wildman–Crippen LogP) is 3.05. The molecule has 2 aliphatic rings. The average Bonchev–Trinajstić information content (AvgIpc) is 3.33. The van der Waals surface area contributed by atoms with Crippen molar-refractivity contribution in [1.29, 1.82) is 0 Å². The van der Waals surface area contributed by atoms with Crippen molar-refractivity contribution in [3.8, 4) is 5.75 Å². The molecule has 0 aromatic heterocycles. The quantitative estimate of drug-likeness (QED) is 0.834. The molecular formula is C18H28N2O. The van der Waals surface area contributed by atoms with Crippen LogP contribution in [0.4, 0.5) is 0 Å². The van der Waals surface area contributed by atoms with Crippen molar-refractivity contribution >= 4 is 0 Å². The lowest BCUT2D eigenvalue weighted by Crippen LogP contribution is -2.37. The standard InChI is InChI=1S/C18H28N2O/c1-2-21-18-5-3-4-16(12-18)14-20(17-6-7-17)13-15-8-10-19-11-9-15/h3-5,12,15,17,19H,2,6-11,13-14H2,1H3. The first kappa shape index (κ1) is 14.9. The third-order valence-electron chi connectivity index (χ3n) is 4.61. The number of piperidine rings is 1. The first-order valence-electron chi connectivity index (χ1n) is 8.51. The first-order valence-corrected chi connectivity index (χ1v) is 8.51. The second kappa shape index (κ2) is 7.28. The van der Waals surface area contributed by atoms with Crippen LogP contribution < -0.4 is 10.1 Å². The smallest absolute Gasteiger partial charge is 0.119 e. The molecule has 0 unspecified atom stereocenters. The Hall–Kier alpha value is -1.06. The van der Waals surface area contributed by atoms with Gasteiger partial charge in [0, 0.05) is 19.1 Å². The fraction of sp³-hybridized carbons (Fsp3) is 0.667. The highest BCUT2D eigenvalue weighted by Gasteiger charge is 2.30. The number of rotatable bonds is 7. The van der Waals surface area contributed by atoms with Crippen molar-refractivity contribution in [2.24, 2.45) is 5.92 Å². The molecule has 0 radical (unpaired) electrons. The number of hydrogen-bond donors (Lipinski definition) is 1. The highest BCUT2D eigenvalue weighted by Crippen LogP contribution is 2.30. The van der Waals surface area contributed by atoms with Crippen LogP contribution in [-0.4, -0.2) is 37.2 Å². The van der Waals surface area contributed by atoms with Crippen LogP contribution in [0.5, 0.6) is 5.75 Å². The van der Waals surface area contributed by atoms with Gasteiger partial charge in [-0.15, -0.1) is 0 Å². The summed E-state index contributed by atoms with van der Waals surface area (Å²) in [6, 6.07) is 9.45. The van der Waals surface area contributed by atoms with Crippen LogP contribution in [0.25, 0.3) is 0 Å². The maximum Gasteiger partial charge on any atom is 0.119 e. The second-order valence-corrected chi connectivity index (χ2v) is 6.43. The highest BCUT2D eigenvalue weighted by atomic mass is 16.5. The molecule has 1 aliphatic carbocycles. The number of hydrogen-bond acceptors (Lipinski definition) is 3. The molecule has 21 heavy (non-hydrogen) atoms. The van der Waals surface area contributed by atoms with Gasteiger partial charge in [-0.1, -0.05) is 12.1 Å². The molecule has 1 saturated heterocycles. The van der Waals surface area contributed by atoms with Gasteiger partial charge in [0.1, 0.15) is 5.75 Å². The number of ether oxygens (including phenoxy) is 1. The van der Waals surface area contributed by atoms with Gasteiger partial charge in [0.2, 0.25) is 0 Å². The van der Waals surface area contributed by atoms with Gasteiger partial charge in [-0.2, -0.15) is 0 Å². The van der Waals surface area contributed by atoms with E-state index in [4.69, 9.17) is 4.74 Å². The molecule has 1 heterocycles. The zero-order valence-corrected chi connectivity index (χ0v) is 13.2. The van der Waals surface area contributed by atoms with Gasteiger partial charge in [0.05, 0.1) is 6.61 Å². The zero-order chi connectivity index (χ0) is 14.5. The van der Waals surface area contributed by atoms with Gasteiger partial charge in [-0.05, 0) is 69.3 Å². The van der Waals surface area contributed by atoms with Crippen LogP contribution >= 0.6 is 0 Å². The molecule has 1 aromatic rings. The summed E-state index contributed by atoms with van der Waals surface area (Å²) in [5.74, 6) is 1.88. The Balaban J connectivity index is 1.60. The summed E-state index contributed by atoms with van der Waals surface area (Å²) < 4.78 is 5.63. The van der Waals surface area contributed by atoms with Crippen LogP contribution in [0, 0.1) is 5.92 Å². The Morgan fingerprint density at radius 1 is 1.19 bits per heavy atom. The molecule has 0 atom stereocenters. The topological polar surface area (TPSA) is 24.5 Å². The van der Waals surface area contributed by atoms with Crippen LogP contribution in [-0.2, 0) is 6.54 Å². The zero-order valence-electron chi connectivity index (χ0n) is 13.2. The largest absolute Gasteiger partial charge is 0.494 e. The minimum Gasteiger partial charge on any atom is -0.494 e. The Bertz CT molecular complexity index is 439. The van der Waals surface area contributed by atoms with Gasteiger partial charge in [-0.3, -0.25) is 4.90 Å². The third-order valence-corrected chi connectivity index (χ3v) is 4.61. The minimum atomic E-state index is 0.741. The Morgan fingerprint density at radius 3 is 2.71 bits per heavy atom. The van der Waals surface area contributed by atoms with E-state index >= 15 is 0 Å². The van der Waals surface area contributed by atoms with Crippen molar-refractivity contribution in [2.45, 2.75) is 45.2 Å². The summed E-state index contributed by atoms with van der Waals surface area (Å²) in [7, 11) is 0. The molecule has 0 bridgehead atoms. The molecule has 0 spiro atoms. The minimum absolute atomic E-state index is 0.741. The number of nitrogens with zero attached hydrogens (tertiary/aromatic N) is 1. The summed E-state index contributed by atoms with van der Waals surface area (Å²) in [6.45, 7) is 7.53. The Morgan fingerprint density at radius 2 is 2.00 bits per heavy atom. The molecule has 3 rings (SSSR count). The van der Waals surface area contributed by atoms with Crippen molar-refractivity contribution in [3.05, 3.63) is 29.8 Å². The molecule has 116 valence electrons. The lowest BCUT2D eigenvalue weighted by Gasteiger charge is -2.30. The van der Waals surface area contributed by atoms with E-state index < -0.39 is 0 Å². The molecule has 1 N–H and O–H groups in total. The van der Waals surface area contributed by atoms with E-state index in [9.17, 15) is 0 Å². The lowest BCUT2D eigenvalue weighted by molar-refractivity contribution is 0.190. The third kappa shape index (κ3) is 4.45. The molecule has 0 amide bonds. The van der Waals surface area contributed by atoms with Gasteiger partial charge >= 0.3 is 0 Å². The SMILES string of the molecule is CCOc1cccc(CN(CC2CCNCC2)C2CC2)c1. The van der Waals surface area contributed by atoms with E-state index in [0.29, 0.717) is 0 Å². The number of benzene rings is 1. The summed E-state index contributed by atoms with van der Waals surface area (Å²) in [6.07, 6.45) is 5.44. The monoisotopic (exact) mass is 288 g/mol. The van der Waals surface area contributed by atoms with E-state index in [2.05, 4.69) is 34.5 Å². The summed E-state index contributed by atoms with van der Waals surface area (Å²) in [4.78, 5) is 2.71. The molecule has 3 heteroatoms. The first-order chi connectivity index (χ1) is 10.3. The summed E-state index contributed by atoms with van der Waals surface area (Å²) >= 11 is 0. The van der Waals surface area contributed by atoms with Gasteiger partial charge < -0.3 is 10.1 Å². The fourth-order valence-corrected chi connectivity index (χ4v) is 3.31. The van der Waals surface area contributed by atoms with Crippen molar-refractivity contribution < 1.29 is 4.74 Å². The van der Waals surface area contributed by atoms with Crippen LogP contribution in [0.3, 0.4) is 0 Å². The maximum atomic E-state index is 5.63. The van der Waals surface area contributed by atoms with Crippen molar-refractivity contribution in [2.75, 3.05) is 26.2 Å². The van der Waals surface area contributed by atoms with Crippen molar-refractivity contribution in [3.63, 3.8) is 0 Å². The number of nitrogens with one attached hydrogen (secondary N) is 1. The molecular weight excluding hydrogens is 260 g/mol. The summed E-state index contributed by atoms with van der Waals surface area (Å²) in [5.41, 5.74) is 1.39. The van der Waals surface area contributed by atoms with E-state index in [-0.39, 0.29) is 0 Å². The summed E-state index contributed by atoms with van der Waals surface area (Å²) in [5, 5.41) is 3.47. The van der Waals surface area contributed by atoms with E-state index in [0.717, 1.165) is 30.9 Å². The molecule has 2 fully saturated rings. The van der Waals surface area contributed by atoms with Crippen LogP contribution in [0.15, 0.2) is 24.3 Å². The van der Waals surface area contributed by atoms with Gasteiger partial charge in [0.25, 0.3) is 0 Å². The van der Waals surface area contributed by atoms with Gasteiger partial charge in [-0.25, -0.2) is 0 Å². The predicted molar refractivity (Wildman–Crippen MR) is 86.6 cm³/mol. The lowest BCUT2D eigenvalue weighted by atomic mass is 9.97. The Kier molecular flexibility index (Phi) is 5.15. The van der Waals surface area contributed by atoms with Crippen LogP contribution in [0.1, 0.15) is 38.2 Å². The van der Waals surface area contributed by atoms with Crippen molar-refractivity contribution in [1.82, 2.24) is 10.2 Å². The molecule has 1 aromatic carbocycles. The normalized spacial score (nSPS) is 19.9. The molecule has 1 aliphatic heterocycles. The second-order valence-electron chi connectivity index (χ2n) is 6.43.